The molecule has 1 saturated heterocycles. The van der Waals surface area contributed by atoms with Gasteiger partial charge in [0.1, 0.15) is 5.82 Å². The van der Waals surface area contributed by atoms with Crippen molar-refractivity contribution in [3.05, 3.63) is 5.82 Å². The summed E-state index contributed by atoms with van der Waals surface area (Å²) in [6, 6.07) is 0.0272. The third-order valence-corrected chi connectivity index (χ3v) is 8.75. The zero-order chi connectivity index (χ0) is 19.0. The normalized spacial score (nSPS) is 25.6. The second kappa shape index (κ2) is 7.73. The van der Waals surface area contributed by atoms with Gasteiger partial charge in [-0.15, -0.1) is 10.2 Å². The predicted molar refractivity (Wildman–Crippen MR) is 104 cm³/mol. The first-order chi connectivity index (χ1) is 12.9. The summed E-state index contributed by atoms with van der Waals surface area (Å²) in [4.78, 5) is 15.1. The van der Waals surface area contributed by atoms with Crippen LogP contribution < -0.4 is 0 Å². The van der Waals surface area contributed by atoms with Crippen molar-refractivity contribution in [3.8, 4) is 0 Å². The van der Waals surface area contributed by atoms with E-state index in [1.165, 1.54) is 31.0 Å². The molecule has 150 valence electrons. The largest absolute Gasteiger partial charge is 0.335 e. The Balaban J connectivity index is 1.45. The first kappa shape index (κ1) is 19.2. The van der Waals surface area contributed by atoms with E-state index in [1.807, 2.05) is 16.5 Å². The molecule has 0 unspecified atom stereocenters. The van der Waals surface area contributed by atoms with E-state index in [1.54, 1.807) is 0 Å². The maximum Gasteiger partial charge on any atom is 0.233 e. The van der Waals surface area contributed by atoms with Gasteiger partial charge >= 0.3 is 0 Å². The molecule has 2 heterocycles. The second-order valence-electron chi connectivity index (χ2n) is 8.11. The van der Waals surface area contributed by atoms with Crippen molar-refractivity contribution < 1.29 is 13.2 Å². The first-order valence-corrected chi connectivity index (χ1v) is 12.8. The minimum absolute atomic E-state index is 0.0463. The van der Waals surface area contributed by atoms with Crippen LogP contribution in [0.5, 0.6) is 0 Å². The maximum absolute atomic E-state index is 13.1. The smallest absolute Gasteiger partial charge is 0.233 e. The van der Waals surface area contributed by atoms with E-state index in [0.29, 0.717) is 18.1 Å². The highest BCUT2D eigenvalue weighted by Gasteiger charge is 2.38. The van der Waals surface area contributed by atoms with Gasteiger partial charge in [-0.1, -0.05) is 31.0 Å². The molecular weight excluding hydrogens is 384 g/mol. The number of hydrogen-bond acceptors (Lipinski definition) is 6. The predicted octanol–water partition coefficient (Wildman–Crippen LogP) is 2.13. The Morgan fingerprint density at radius 3 is 2.48 bits per heavy atom. The molecule has 0 radical (unpaired) electrons. The number of hydrogen-bond donors (Lipinski definition) is 0. The van der Waals surface area contributed by atoms with Gasteiger partial charge < -0.3 is 9.47 Å². The number of nitrogens with zero attached hydrogens (tertiary/aromatic N) is 4. The molecule has 2 aliphatic carbocycles. The van der Waals surface area contributed by atoms with Crippen molar-refractivity contribution in [2.75, 3.05) is 17.3 Å². The van der Waals surface area contributed by atoms with Crippen molar-refractivity contribution >= 4 is 27.5 Å². The molecule has 2 saturated carbocycles. The summed E-state index contributed by atoms with van der Waals surface area (Å²) in [7, 11) is -1.05. The van der Waals surface area contributed by atoms with Crippen LogP contribution in [0.25, 0.3) is 0 Å². The number of amides is 1. The molecule has 1 amide bonds. The van der Waals surface area contributed by atoms with Crippen LogP contribution >= 0.6 is 11.8 Å². The number of aromatic nitrogens is 3. The summed E-state index contributed by atoms with van der Waals surface area (Å²) < 4.78 is 26.0. The van der Waals surface area contributed by atoms with E-state index in [0.717, 1.165) is 36.7 Å². The molecule has 1 atom stereocenters. The summed E-state index contributed by atoms with van der Waals surface area (Å²) in [6.07, 6.45) is 8.34. The first-order valence-electron chi connectivity index (χ1n) is 9.98. The van der Waals surface area contributed by atoms with E-state index >= 15 is 0 Å². The lowest BCUT2D eigenvalue weighted by molar-refractivity contribution is -0.133. The Hall–Kier alpha value is -1.09. The Morgan fingerprint density at radius 1 is 1.11 bits per heavy atom. The monoisotopic (exact) mass is 412 g/mol. The number of carbonyl (C=O) groups excluding carboxylic acids is 1. The van der Waals surface area contributed by atoms with Crippen LogP contribution in [0.1, 0.15) is 63.1 Å². The van der Waals surface area contributed by atoms with Gasteiger partial charge in [0.25, 0.3) is 0 Å². The Kier molecular flexibility index (Phi) is 5.51. The Labute approximate surface area is 165 Å². The van der Waals surface area contributed by atoms with E-state index in [9.17, 15) is 13.2 Å². The zero-order valence-electron chi connectivity index (χ0n) is 15.8. The minimum atomic E-state index is -3.01. The van der Waals surface area contributed by atoms with Crippen molar-refractivity contribution in [2.24, 2.45) is 7.05 Å². The maximum atomic E-state index is 13.1. The van der Waals surface area contributed by atoms with Crippen LogP contribution in [0.2, 0.25) is 0 Å². The quantitative estimate of drug-likeness (QED) is 0.666. The fourth-order valence-corrected chi connectivity index (χ4v) is 6.91. The van der Waals surface area contributed by atoms with Crippen LogP contribution in [0.3, 0.4) is 0 Å². The average molecular weight is 413 g/mol. The van der Waals surface area contributed by atoms with Crippen LogP contribution in [0, 0.1) is 0 Å². The van der Waals surface area contributed by atoms with E-state index in [2.05, 4.69) is 10.2 Å². The second-order valence-corrected chi connectivity index (χ2v) is 11.3. The van der Waals surface area contributed by atoms with Gasteiger partial charge in [0.05, 0.1) is 17.3 Å². The van der Waals surface area contributed by atoms with Gasteiger partial charge in [-0.3, -0.25) is 4.79 Å². The summed E-state index contributed by atoms with van der Waals surface area (Å²) in [6.45, 7) is 0. The molecule has 3 fully saturated rings. The average Bonchev–Trinajstić information content (AvgIpc) is 3.33. The third kappa shape index (κ3) is 4.34. The molecule has 0 aromatic carbocycles. The number of thioether (sulfide) groups is 1. The number of rotatable bonds is 6. The summed E-state index contributed by atoms with van der Waals surface area (Å²) >= 11 is 1.42. The molecule has 27 heavy (non-hydrogen) atoms. The van der Waals surface area contributed by atoms with Gasteiger partial charge in [0.15, 0.2) is 15.0 Å². The van der Waals surface area contributed by atoms with Gasteiger partial charge in [-0.25, -0.2) is 8.42 Å². The van der Waals surface area contributed by atoms with Crippen molar-refractivity contribution in [1.29, 1.82) is 0 Å². The third-order valence-electron chi connectivity index (χ3n) is 5.99. The van der Waals surface area contributed by atoms with E-state index < -0.39 is 9.84 Å². The molecule has 9 heteroatoms. The summed E-state index contributed by atoms with van der Waals surface area (Å²) in [5.74, 6) is 2.20. The molecule has 0 N–H and O–H groups in total. The van der Waals surface area contributed by atoms with Crippen molar-refractivity contribution in [1.82, 2.24) is 19.7 Å². The molecule has 1 aromatic rings. The van der Waals surface area contributed by atoms with E-state index in [4.69, 9.17) is 0 Å². The SMILES string of the molecule is Cn1c(SCC(=O)N(C2CCCCC2)[C@@H]2CCS(=O)(=O)C2)nnc1C1CC1. The molecule has 1 aliphatic heterocycles. The highest BCUT2D eigenvalue weighted by Crippen LogP contribution is 2.39. The fraction of sp³-hybridized carbons (Fsp3) is 0.833. The van der Waals surface area contributed by atoms with Gasteiger partial charge in [0.2, 0.25) is 5.91 Å². The lowest BCUT2D eigenvalue weighted by atomic mass is 9.93. The van der Waals surface area contributed by atoms with Gasteiger partial charge in [0, 0.05) is 25.0 Å². The standard InChI is InChI=1S/C18H28N4O3S2/c1-21-17(13-7-8-13)19-20-18(21)26-11-16(23)22(14-5-3-2-4-6-14)15-9-10-27(24,25)12-15/h13-15H,2-12H2,1H3/t15-/m1/s1. The van der Waals surface area contributed by atoms with Crippen LogP contribution in [0.4, 0.5) is 0 Å². The summed E-state index contributed by atoms with van der Waals surface area (Å²) in [5, 5.41) is 9.30. The minimum Gasteiger partial charge on any atom is -0.335 e. The van der Waals surface area contributed by atoms with Crippen LogP contribution in [0.15, 0.2) is 5.16 Å². The highest BCUT2D eigenvalue weighted by atomic mass is 32.2. The van der Waals surface area contributed by atoms with Crippen LogP contribution in [-0.4, -0.2) is 63.3 Å². The lowest BCUT2D eigenvalue weighted by Crippen LogP contribution is -2.49. The van der Waals surface area contributed by atoms with Gasteiger partial charge in [-0.05, 0) is 32.1 Å². The number of carbonyl (C=O) groups is 1. The zero-order valence-corrected chi connectivity index (χ0v) is 17.5. The highest BCUT2D eigenvalue weighted by molar-refractivity contribution is 7.99. The molecule has 0 bridgehead atoms. The van der Waals surface area contributed by atoms with Gasteiger partial charge in [-0.2, -0.15) is 0 Å². The van der Waals surface area contributed by atoms with Crippen molar-refractivity contribution in [2.45, 2.75) is 74.5 Å². The Bertz CT molecular complexity index is 798. The molecule has 7 nitrogen and oxygen atoms in total. The molecule has 4 rings (SSSR count). The summed E-state index contributed by atoms with van der Waals surface area (Å²) in [5.41, 5.74) is 0. The lowest BCUT2D eigenvalue weighted by Gasteiger charge is -2.38. The topological polar surface area (TPSA) is 85.2 Å². The van der Waals surface area contributed by atoms with Crippen molar-refractivity contribution in [3.63, 3.8) is 0 Å². The van der Waals surface area contributed by atoms with E-state index in [-0.39, 0.29) is 29.5 Å². The Morgan fingerprint density at radius 2 is 1.85 bits per heavy atom. The molecular formula is C18H28N4O3S2. The molecule has 0 spiro atoms. The van der Waals surface area contributed by atoms with Crippen LogP contribution in [-0.2, 0) is 21.7 Å². The fourth-order valence-electron chi connectivity index (χ4n) is 4.41. The molecule has 3 aliphatic rings. The number of sulfone groups is 1. The molecule has 1 aromatic heterocycles.